The van der Waals surface area contributed by atoms with Crippen LogP contribution in [0.4, 0.5) is 22.0 Å². The van der Waals surface area contributed by atoms with Gasteiger partial charge < -0.3 is 4.74 Å². The maximum Gasteiger partial charge on any atom is 0.417 e. The molecule has 0 aliphatic carbocycles. The van der Waals surface area contributed by atoms with E-state index in [2.05, 4.69) is 31.7 Å². The highest BCUT2D eigenvalue weighted by Gasteiger charge is 2.49. The molecule has 0 amide bonds. The zero-order valence-electron chi connectivity index (χ0n) is 11.0. The molecule has 0 spiro atoms. The zero-order chi connectivity index (χ0) is 15.9. The summed E-state index contributed by atoms with van der Waals surface area (Å²) >= 11 is 0. The van der Waals surface area contributed by atoms with Crippen molar-refractivity contribution < 1.29 is 31.5 Å². The number of ether oxygens (including phenoxy) is 1. The lowest BCUT2D eigenvalue weighted by molar-refractivity contribution is -0.160. The molecule has 0 aromatic rings. The van der Waals surface area contributed by atoms with Gasteiger partial charge in [-0.15, -0.1) is 0 Å². The van der Waals surface area contributed by atoms with Gasteiger partial charge in [0.1, 0.15) is 0 Å². The van der Waals surface area contributed by atoms with Crippen LogP contribution in [-0.4, -0.2) is 24.7 Å². The van der Waals surface area contributed by atoms with Gasteiger partial charge in [-0.3, -0.25) is 0 Å². The second-order valence-electron chi connectivity index (χ2n) is 3.74. The average Bonchev–Trinajstić information content (AvgIpc) is 2.24. The van der Waals surface area contributed by atoms with Crippen molar-refractivity contribution in [3.05, 3.63) is 24.3 Å². The van der Waals surface area contributed by atoms with E-state index in [0.29, 0.717) is 0 Å². The second-order valence-corrected chi connectivity index (χ2v) is 3.74. The summed E-state index contributed by atoms with van der Waals surface area (Å²) < 4.78 is 65.2. The molecule has 0 atom stereocenters. The lowest BCUT2D eigenvalue weighted by atomic mass is 10.1. The molecule has 0 bridgehead atoms. The molecule has 0 radical (unpaired) electrons. The minimum absolute atomic E-state index is 0.187. The van der Waals surface area contributed by atoms with Crippen LogP contribution >= 0.6 is 0 Å². The molecule has 0 fully saturated rings. The Labute approximate surface area is 108 Å². The standard InChI is InChI=1S/C9H9F5O2.C3H8/c1-5(2)7(15)16-4-8(10,11)6(3)9(12,13)14;1-3-2/h1,3-4H2,2H3;3H2,1-2H3. The summed E-state index contributed by atoms with van der Waals surface area (Å²) in [4.78, 5) is 10.7. The van der Waals surface area contributed by atoms with E-state index in [1.54, 1.807) is 0 Å². The SMILES string of the molecule is C=C(C)C(=O)OCC(F)(F)C(=C)C(F)(F)F.CCC. The highest BCUT2D eigenvalue weighted by Crippen LogP contribution is 2.36. The summed E-state index contributed by atoms with van der Waals surface area (Å²) in [6, 6.07) is 0. The van der Waals surface area contributed by atoms with Crippen molar-refractivity contribution in [2.24, 2.45) is 0 Å². The molecule has 0 aliphatic heterocycles. The Morgan fingerprint density at radius 1 is 1.11 bits per heavy atom. The Bertz CT molecular complexity index is 332. The zero-order valence-corrected chi connectivity index (χ0v) is 11.0. The molecule has 0 saturated carbocycles. The summed E-state index contributed by atoms with van der Waals surface area (Å²) in [5.41, 5.74) is -2.44. The monoisotopic (exact) mass is 288 g/mol. The number of carbonyl (C=O) groups excluding carboxylic acids is 1. The van der Waals surface area contributed by atoms with Gasteiger partial charge in [0.15, 0.2) is 6.61 Å². The topological polar surface area (TPSA) is 26.3 Å². The van der Waals surface area contributed by atoms with E-state index in [4.69, 9.17) is 0 Å². The molecule has 0 heterocycles. The average molecular weight is 288 g/mol. The Morgan fingerprint density at radius 3 is 1.74 bits per heavy atom. The van der Waals surface area contributed by atoms with E-state index < -0.39 is 30.2 Å². The number of hydrogen-bond donors (Lipinski definition) is 0. The molecule has 0 aromatic heterocycles. The minimum Gasteiger partial charge on any atom is -0.456 e. The summed E-state index contributed by atoms with van der Waals surface area (Å²) in [6.07, 6.45) is -3.99. The number of carbonyl (C=O) groups is 1. The molecule has 0 saturated heterocycles. The predicted octanol–water partition coefficient (Wildman–Crippen LogP) is 4.28. The molecule has 2 nitrogen and oxygen atoms in total. The first-order chi connectivity index (χ1) is 8.40. The quantitative estimate of drug-likeness (QED) is 0.334. The van der Waals surface area contributed by atoms with Crippen LogP contribution in [0.1, 0.15) is 27.2 Å². The third-order valence-electron chi connectivity index (χ3n) is 1.52. The van der Waals surface area contributed by atoms with Crippen molar-refractivity contribution in [3.8, 4) is 0 Å². The number of hydrogen-bond acceptors (Lipinski definition) is 2. The molecule has 0 aromatic carbocycles. The normalized spacial score (nSPS) is 11.2. The fourth-order valence-corrected chi connectivity index (χ4v) is 0.574. The summed E-state index contributed by atoms with van der Waals surface area (Å²) in [5.74, 6) is -5.53. The smallest absolute Gasteiger partial charge is 0.417 e. The lowest BCUT2D eigenvalue weighted by Gasteiger charge is -2.20. The summed E-state index contributed by atoms with van der Waals surface area (Å²) in [5, 5.41) is 0. The Morgan fingerprint density at radius 2 is 1.47 bits per heavy atom. The first-order valence-corrected chi connectivity index (χ1v) is 5.37. The number of rotatable bonds is 4. The number of alkyl halides is 5. The molecule has 0 rings (SSSR count). The first-order valence-electron chi connectivity index (χ1n) is 5.37. The minimum atomic E-state index is -5.24. The van der Waals surface area contributed by atoms with Gasteiger partial charge in [-0.25, -0.2) is 4.79 Å². The van der Waals surface area contributed by atoms with Gasteiger partial charge in [0.05, 0.1) is 5.57 Å². The highest BCUT2D eigenvalue weighted by atomic mass is 19.4. The van der Waals surface area contributed by atoms with Crippen molar-refractivity contribution in [2.45, 2.75) is 39.3 Å². The highest BCUT2D eigenvalue weighted by molar-refractivity contribution is 5.86. The van der Waals surface area contributed by atoms with Crippen LogP contribution in [0.5, 0.6) is 0 Å². The second kappa shape index (κ2) is 7.91. The molecule has 7 heteroatoms. The van der Waals surface area contributed by atoms with Gasteiger partial charge in [0, 0.05) is 5.57 Å². The van der Waals surface area contributed by atoms with Gasteiger partial charge in [-0.2, -0.15) is 22.0 Å². The molecule has 0 unspecified atom stereocenters. The molecule has 0 aliphatic rings. The van der Waals surface area contributed by atoms with Crippen molar-refractivity contribution in [1.29, 1.82) is 0 Å². The van der Waals surface area contributed by atoms with E-state index in [-0.39, 0.29) is 5.57 Å². The van der Waals surface area contributed by atoms with E-state index in [0.717, 1.165) is 0 Å². The summed E-state index contributed by atoms with van der Waals surface area (Å²) in [6.45, 7) is 9.04. The van der Waals surface area contributed by atoms with Crippen LogP contribution in [0.3, 0.4) is 0 Å². The van der Waals surface area contributed by atoms with Crippen molar-refractivity contribution in [2.75, 3.05) is 6.61 Å². The Kier molecular flexibility index (Phi) is 8.30. The van der Waals surface area contributed by atoms with E-state index in [9.17, 15) is 26.7 Å². The maximum atomic E-state index is 12.8. The first kappa shape index (κ1) is 19.9. The molecule has 0 N–H and O–H groups in total. The van der Waals surface area contributed by atoms with Gasteiger partial charge in [-0.1, -0.05) is 33.4 Å². The van der Waals surface area contributed by atoms with E-state index >= 15 is 0 Å². The molecular weight excluding hydrogens is 271 g/mol. The fourth-order valence-electron chi connectivity index (χ4n) is 0.574. The van der Waals surface area contributed by atoms with Crippen molar-refractivity contribution >= 4 is 5.97 Å². The third kappa shape index (κ3) is 8.34. The fraction of sp³-hybridized carbons (Fsp3) is 0.583. The Balaban J connectivity index is 0. The van der Waals surface area contributed by atoms with Crippen LogP contribution < -0.4 is 0 Å². The molecular formula is C12H17F5O2. The van der Waals surface area contributed by atoms with Crippen LogP contribution in [0.25, 0.3) is 0 Å². The largest absolute Gasteiger partial charge is 0.456 e. The number of halogens is 5. The summed E-state index contributed by atoms with van der Waals surface area (Å²) in [7, 11) is 0. The van der Waals surface area contributed by atoms with Gasteiger partial charge >= 0.3 is 18.1 Å². The van der Waals surface area contributed by atoms with E-state index in [1.807, 2.05) is 0 Å². The van der Waals surface area contributed by atoms with Crippen LogP contribution in [0.15, 0.2) is 24.3 Å². The Hall–Kier alpha value is -1.40. The molecule has 19 heavy (non-hydrogen) atoms. The number of esters is 1. The van der Waals surface area contributed by atoms with Gasteiger partial charge in [-0.05, 0) is 6.92 Å². The third-order valence-corrected chi connectivity index (χ3v) is 1.52. The van der Waals surface area contributed by atoms with Crippen molar-refractivity contribution in [1.82, 2.24) is 0 Å². The lowest BCUT2D eigenvalue weighted by Crippen LogP contribution is -2.34. The molecule has 112 valence electrons. The van der Waals surface area contributed by atoms with Gasteiger partial charge in [0.2, 0.25) is 0 Å². The van der Waals surface area contributed by atoms with Crippen molar-refractivity contribution in [3.63, 3.8) is 0 Å². The van der Waals surface area contributed by atoms with Crippen LogP contribution in [-0.2, 0) is 9.53 Å². The maximum absolute atomic E-state index is 12.8. The van der Waals surface area contributed by atoms with Crippen LogP contribution in [0.2, 0.25) is 0 Å². The van der Waals surface area contributed by atoms with Crippen LogP contribution in [0, 0.1) is 0 Å². The van der Waals surface area contributed by atoms with E-state index in [1.165, 1.54) is 13.3 Å². The van der Waals surface area contributed by atoms with Gasteiger partial charge in [0.25, 0.3) is 0 Å². The predicted molar refractivity (Wildman–Crippen MR) is 61.9 cm³/mol.